The van der Waals surface area contributed by atoms with Gasteiger partial charge in [-0.1, -0.05) is 36.4 Å². The summed E-state index contributed by atoms with van der Waals surface area (Å²) in [6, 6.07) is 13.1. The van der Waals surface area contributed by atoms with Crippen molar-refractivity contribution in [3.05, 3.63) is 82.2 Å². The van der Waals surface area contributed by atoms with Gasteiger partial charge in [-0.15, -0.1) is 0 Å². The van der Waals surface area contributed by atoms with Crippen molar-refractivity contribution in [2.45, 2.75) is 56.5 Å². The van der Waals surface area contributed by atoms with Crippen LogP contribution in [-0.4, -0.2) is 32.1 Å². The predicted molar refractivity (Wildman–Crippen MR) is 142 cm³/mol. The van der Waals surface area contributed by atoms with E-state index in [0.717, 1.165) is 42.5 Å². The molecule has 2 aromatic carbocycles. The fraction of sp³-hybridized carbons (Fsp3) is 0.400. The molecule has 37 heavy (non-hydrogen) atoms. The van der Waals surface area contributed by atoms with Gasteiger partial charge in [-0.05, 0) is 73.4 Å². The zero-order valence-corrected chi connectivity index (χ0v) is 22.0. The molecule has 3 atom stereocenters. The van der Waals surface area contributed by atoms with Gasteiger partial charge in [0.1, 0.15) is 12.0 Å². The molecule has 0 aromatic heterocycles. The third-order valence-corrected chi connectivity index (χ3v) is 8.04. The van der Waals surface area contributed by atoms with Crippen LogP contribution in [0.1, 0.15) is 61.5 Å². The molecule has 2 aliphatic carbocycles. The van der Waals surface area contributed by atoms with Crippen LogP contribution in [0.4, 0.5) is 0 Å². The quantitative estimate of drug-likeness (QED) is 0.466. The van der Waals surface area contributed by atoms with Gasteiger partial charge in [-0.2, -0.15) is 0 Å². The van der Waals surface area contributed by atoms with Crippen molar-refractivity contribution >= 4 is 23.4 Å². The summed E-state index contributed by atoms with van der Waals surface area (Å²) in [7, 11) is 3.20. The number of ether oxygens (including phenoxy) is 3. The second kappa shape index (κ2) is 10.6. The summed E-state index contributed by atoms with van der Waals surface area (Å²) < 4.78 is 16.8. The zero-order valence-electron chi connectivity index (χ0n) is 21.2. The summed E-state index contributed by atoms with van der Waals surface area (Å²) in [6.07, 6.45) is 4.76. The highest BCUT2D eigenvalue weighted by atomic mass is 35.5. The topological polar surface area (TPSA) is 73.9 Å². The monoisotopic (exact) mass is 521 g/mol. The number of esters is 1. The summed E-state index contributed by atoms with van der Waals surface area (Å²) in [5, 5.41) is 3.94. The molecule has 0 radical (unpaired) electrons. The van der Waals surface area contributed by atoms with E-state index in [1.54, 1.807) is 26.4 Å². The van der Waals surface area contributed by atoms with Crippen LogP contribution in [-0.2, 0) is 14.3 Å². The average molecular weight is 522 g/mol. The molecule has 0 saturated heterocycles. The van der Waals surface area contributed by atoms with E-state index in [4.69, 9.17) is 25.8 Å². The Morgan fingerprint density at radius 2 is 1.65 bits per heavy atom. The first kappa shape index (κ1) is 25.4. The molecular weight excluding hydrogens is 490 g/mol. The molecule has 0 bridgehead atoms. The minimum Gasteiger partial charge on any atom is -0.493 e. The van der Waals surface area contributed by atoms with Crippen molar-refractivity contribution in [1.82, 2.24) is 5.32 Å². The number of benzene rings is 2. The van der Waals surface area contributed by atoms with Crippen LogP contribution in [0.25, 0.3) is 0 Å². The molecule has 3 aliphatic rings. The van der Waals surface area contributed by atoms with Crippen LogP contribution < -0.4 is 14.8 Å². The first-order valence-corrected chi connectivity index (χ1v) is 13.2. The maximum Gasteiger partial charge on any atom is 0.316 e. The number of hydrogen-bond donors (Lipinski definition) is 1. The van der Waals surface area contributed by atoms with Crippen molar-refractivity contribution < 1.29 is 23.8 Å². The molecular formula is C30H32ClNO5. The molecule has 5 rings (SSSR count). The number of allylic oxidation sites excluding steroid dienone is 2. The van der Waals surface area contributed by atoms with Gasteiger partial charge in [0.15, 0.2) is 17.3 Å². The Labute approximate surface area is 222 Å². The van der Waals surface area contributed by atoms with Crippen molar-refractivity contribution in [2.24, 2.45) is 5.92 Å². The number of halogens is 1. The second-order valence-electron chi connectivity index (χ2n) is 10.0. The van der Waals surface area contributed by atoms with Gasteiger partial charge in [0, 0.05) is 34.3 Å². The van der Waals surface area contributed by atoms with Gasteiger partial charge in [0.05, 0.1) is 14.2 Å². The minimum absolute atomic E-state index is 0.0136. The Balaban J connectivity index is 1.52. The van der Waals surface area contributed by atoms with E-state index in [9.17, 15) is 9.59 Å². The van der Waals surface area contributed by atoms with Gasteiger partial charge in [-0.3, -0.25) is 9.59 Å². The lowest BCUT2D eigenvalue weighted by Gasteiger charge is -2.40. The number of methoxy groups -OCH3 is 2. The Morgan fingerprint density at radius 1 is 0.973 bits per heavy atom. The molecule has 1 N–H and O–H groups in total. The zero-order chi connectivity index (χ0) is 26.1. The SMILES string of the molecule is C=C1NC2=C(C(=O)CC(c3ccc(OC)c(OC)c3)C2)C(c2ccc(Cl)cc2)C1C(=O)OC1CCCC1. The summed E-state index contributed by atoms with van der Waals surface area (Å²) in [6.45, 7) is 4.23. The number of ketones is 1. The molecule has 6 nitrogen and oxygen atoms in total. The summed E-state index contributed by atoms with van der Waals surface area (Å²) >= 11 is 6.17. The summed E-state index contributed by atoms with van der Waals surface area (Å²) in [4.78, 5) is 27.3. The summed E-state index contributed by atoms with van der Waals surface area (Å²) in [5.74, 6) is -0.258. The van der Waals surface area contributed by atoms with Crippen LogP contribution >= 0.6 is 11.6 Å². The lowest BCUT2D eigenvalue weighted by atomic mass is 9.69. The van der Waals surface area contributed by atoms with E-state index in [1.165, 1.54) is 0 Å². The molecule has 0 spiro atoms. The first-order chi connectivity index (χ1) is 17.9. The van der Waals surface area contributed by atoms with E-state index in [-0.39, 0.29) is 23.8 Å². The average Bonchev–Trinajstić information content (AvgIpc) is 3.40. The van der Waals surface area contributed by atoms with Crippen molar-refractivity contribution in [3.8, 4) is 11.5 Å². The lowest BCUT2D eigenvalue weighted by Crippen LogP contribution is -2.42. The Bertz CT molecular complexity index is 1250. The molecule has 194 valence electrons. The molecule has 1 fully saturated rings. The maximum atomic E-state index is 13.8. The number of rotatable bonds is 6. The minimum atomic E-state index is -0.692. The smallest absolute Gasteiger partial charge is 0.316 e. The van der Waals surface area contributed by atoms with Crippen LogP contribution in [0.15, 0.2) is 66.0 Å². The van der Waals surface area contributed by atoms with E-state index in [0.29, 0.717) is 40.6 Å². The molecule has 7 heteroatoms. The third kappa shape index (κ3) is 4.99. The highest BCUT2D eigenvalue weighted by Gasteiger charge is 2.46. The lowest BCUT2D eigenvalue weighted by molar-refractivity contribution is -0.153. The van der Waals surface area contributed by atoms with Gasteiger partial charge in [0.25, 0.3) is 0 Å². The van der Waals surface area contributed by atoms with Gasteiger partial charge in [-0.25, -0.2) is 0 Å². The molecule has 1 heterocycles. The molecule has 3 unspecified atom stereocenters. The number of carbonyl (C=O) groups excluding carboxylic acids is 2. The summed E-state index contributed by atoms with van der Waals surface area (Å²) in [5.41, 5.74) is 3.86. The van der Waals surface area contributed by atoms with Crippen LogP contribution in [0.5, 0.6) is 11.5 Å². The Morgan fingerprint density at radius 3 is 2.32 bits per heavy atom. The number of nitrogens with one attached hydrogen (secondary N) is 1. The fourth-order valence-corrected chi connectivity index (χ4v) is 6.07. The van der Waals surface area contributed by atoms with Gasteiger partial charge in [0.2, 0.25) is 0 Å². The van der Waals surface area contributed by atoms with Crippen molar-refractivity contribution in [2.75, 3.05) is 14.2 Å². The van der Waals surface area contributed by atoms with Crippen LogP contribution in [0, 0.1) is 5.92 Å². The van der Waals surface area contributed by atoms with Crippen molar-refractivity contribution in [3.63, 3.8) is 0 Å². The maximum absolute atomic E-state index is 13.8. The normalized spacial score (nSPS) is 23.9. The fourth-order valence-electron chi connectivity index (χ4n) is 5.94. The molecule has 1 aliphatic heterocycles. The van der Waals surface area contributed by atoms with E-state index >= 15 is 0 Å². The number of Topliss-reactive ketones (excluding diaryl/α,β-unsaturated/α-hetero) is 1. The molecule has 2 aromatic rings. The standard InChI is InChI=1S/C30H32ClNO5/c1-17-27(30(34)37-22-6-4-5-7-22)28(18-8-11-21(31)12-9-18)29-23(32-17)14-20(15-24(29)33)19-10-13-25(35-2)26(16-19)36-3/h8-13,16,20,22,27-28,32H,1,4-7,14-15H2,2-3H3. The molecule has 1 saturated carbocycles. The Hall–Kier alpha value is -3.25. The highest BCUT2D eigenvalue weighted by Crippen LogP contribution is 2.48. The van der Waals surface area contributed by atoms with Crippen LogP contribution in [0.2, 0.25) is 5.02 Å². The van der Waals surface area contributed by atoms with E-state index in [2.05, 4.69) is 11.9 Å². The molecule has 0 amide bonds. The first-order valence-electron chi connectivity index (χ1n) is 12.8. The predicted octanol–water partition coefficient (Wildman–Crippen LogP) is 6.06. The van der Waals surface area contributed by atoms with E-state index < -0.39 is 11.8 Å². The van der Waals surface area contributed by atoms with Crippen molar-refractivity contribution in [1.29, 1.82) is 0 Å². The number of hydrogen-bond acceptors (Lipinski definition) is 6. The number of carbonyl (C=O) groups is 2. The van der Waals surface area contributed by atoms with Gasteiger partial charge >= 0.3 is 5.97 Å². The second-order valence-corrected chi connectivity index (χ2v) is 10.5. The largest absolute Gasteiger partial charge is 0.493 e. The third-order valence-electron chi connectivity index (χ3n) is 7.79. The van der Waals surface area contributed by atoms with Gasteiger partial charge < -0.3 is 19.5 Å². The highest BCUT2D eigenvalue weighted by molar-refractivity contribution is 6.30. The van der Waals surface area contributed by atoms with Crippen LogP contribution in [0.3, 0.4) is 0 Å². The Kier molecular flexibility index (Phi) is 7.29. The van der Waals surface area contributed by atoms with E-state index in [1.807, 2.05) is 30.3 Å².